The van der Waals surface area contributed by atoms with Crippen molar-refractivity contribution in [3.63, 3.8) is 0 Å². The molecule has 1 aromatic carbocycles. The topological polar surface area (TPSA) is 80.0 Å². The molecule has 0 saturated heterocycles. The van der Waals surface area contributed by atoms with E-state index in [0.717, 1.165) is 5.56 Å². The van der Waals surface area contributed by atoms with E-state index >= 15 is 0 Å². The third kappa shape index (κ3) is 3.65. The number of amides is 1. The fourth-order valence-electron chi connectivity index (χ4n) is 1.61. The summed E-state index contributed by atoms with van der Waals surface area (Å²) in [7, 11) is 0. The smallest absolute Gasteiger partial charge is 0.275 e. The standard InChI is InChI=1S/C13H11BrCl2N4O/c1-6-4-7(14)10(5-9(6)16)18-13(21)12-8(15)2-3-11(19-12)20-17/h2-5H,17H2,1H3,(H,18,21)(H,19,20). The van der Waals surface area contributed by atoms with Crippen molar-refractivity contribution in [2.24, 2.45) is 5.84 Å². The largest absolute Gasteiger partial charge is 0.320 e. The molecule has 5 nitrogen and oxygen atoms in total. The lowest BCUT2D eigenvalue weighted by Gasteiger charge is -2.10. The normalized spacial score (nSPS) is 10.3. The van der Waals surface area contributed by atoms with Gasteiger partial charge in [0.05, 0.1) is 10.7 Å². The fourth-order valence-corrected chi connectivity index (χ4v) is 2.52. The van der Waals surface area contributed by atoms with Crippen molar-refractivity contribution in [1.29, 1.82) is 0 Å². The summed E-state index contributed by atoms with van der Waals surface area (Å²) < 4.78 is 0.710. The molecule has 0 aliphatic heterocycles. The summed E-state index contributed by atoms with van der Waals surface area (Å²) in [5.74, 6) is 5.15. The highest BCUT2D eigenvalue weighted by molar-refractivity contribution is 9.10. The number of benzene rings is 1. The van der Waals surface area contributed by atoms with E-state index < -0.39 is 5.91 Å². The summed E-state index contributed by atoms with van der Waals surface area (Å²) in [6.07, 6.45) is 0. The molecule has 2 rings (SSSR count). The van der Waals surface area contributed by atoms with Gasteiger partial charge in [-0.15, -0.1) is 0 Å². The van der Waals surface area contributed by atoms with Gasteiger partial charge < -0.3 is 10.7 Å². The molecule has 8 heteroatoms. The number of aromatic nitrogens is 1. The van der Waals surface area contributed by atoms with Gasteiger partial charge in [0.1, 0.15) is 11.5 Å². The van der Waals surface area contributed by atoms with Crippen LogP contribution >= 0.6 is 39.1 Å². The molecule has 0 saturated carbocycles. The van der Waals surface area contributed by atoms with Crippen LogP contribution in [0.2, 0.25) is 10.0 Å². The highest BCUT2D eigenvalue weighted by Crippen LogP contribution is 2.30. The van der Waals surface area contributed by atoms with Crippen molar-refractivity contribution in [2.45, 2.75) is 6.92 Å². The van der Waals surface area contributed by atoms with E-state index in [4.69, 9.17) is 29.0 Å². The Labute approximate surface area is 139 Å². The number of carbonyl (C=O) groups excluding carboxylic acids is 1. The van der Waals surface area contributed by atoms with Gasteiger partial charge in [-0.1, -0.05) is 23.2 Å². The van der Waals surface area contributed by atoms with Crippen molar-refractivity contribution in [3.05, 3.63) is 50.0 Å². The number of aryl methyl sites for hydroxylation is 1. The van der Waals surface area contributed by atoms with E-state index in [1.165, 1.54) is 6.07 Å². The van der Waals surface area contributed by atoms with Crippen molar-refractivity contribution in [2.75, 3.05) is 10.7 Å². The monoisotopic (exact) mass is 388 g/mol. The van der Waals surface area contributed by atoms with Crippen molar-refractivity contribution in [1.82, 2.24) is 4.98 Å². The van der Waals surface area contributed by atoms with E-state index in [-0.39, 0.29) is 10.7 Å². The lowest BCUT2D eigenvalue weighted by molar-refractivity contribution is 0.102. The van der Waals surface area contributed by atoms with Crippen LogP contribution in [-0.4, -0.2) is 10.9 Å². The zero-order valence-corrected chi connectivity index (χ0v) is 14.0. The third-order valence-electron chi connectivity index (χ3n) is 2.71. The maximum absolute atomic E-state index is 12.3. The van der Waals surface area contributed by atoms with E-state index in [1.807, 2.05) is 13.0 Å². The lowest BCUT2D eigenvalue weighted by Crippen LogP contribution is -2.17. The molecule has 2 aromatic rings. The molecule has 0 aliphatic rings. The van der Waals surface area contributed by atoms with Gasteiger partial charge in [-0.05, 0) is 52.7 Å². The number of rotatable bonds is 3. The van der Waals surface area contributed by atoms with Crippen LogP contribution in [0.25, 0.3) is 0 Å². The SMILES string of the molecule is Cc1cc(Br)c(NC(=O)c2nc(NN)ccc2Cl)cc1Cl. The summed E-state index contributed by atoms with van der Waals surface area (Å²) in [4.78, 5) is 16.3. The van der Waals surface area contributed by atoms with Gasteiger partial charge in [0.25, 0.3) is 5.91 Å². The van der Waals surface area contributed by atoms with Gasteiger partial charge in [0.2, 0.25) is 0 Å². The Morgan fingerprint density at radius 1 is 1.29 bits per heavy atom. The predicted octanol–water partition coefficient (Wildman–Crippen LogP) is 4.00. The number of hydrazine groups is 1. The van der Waals surface area contributed by atoms with Gasteiger partial charge >= 0.3 is 0 Å². The zero-order chi connectivity index (χ0) is 15.6. The second-order valence-electron chi connectivity index (χ2n) is 4.21. The number of nitrogen functional groups attached to an aromatic ring is 1. The van der Waals surface area contributed by atoms with E-state index in [0.29, 0.717) is 21.0 Å². The first kappa shape index (κ1) is 16.0. The van der Waals surface area contributed by atoms with Crippen LogP contribution in [0.15, 0.2) is 28.7 Å². The molecule has 4 N–H and O–H groups in total. The molecule has 0 aliphatic carbocycles. The Kier molecular flexibility index (Phi) is 5.05. The first-order chi connectivity index (χ1) is 9.92. The number of nitrogens with zero attached hydrogens (tertiary/aromatic N) is 1. The predicted molar refractivity (Wildman–Crippen MR) is 88.9 cm³/mol. The van der Waals surface area contributed by atoms with Crippen LogP contribution in [0.1, 0.15) is 16.1 Å². The maximum Gasteiger partial charge on any atom is 0.275 e. The minimum atomic E-state index is -0.460. The van der Waals surface area contributed by atoms with Crippen LogP contribution in [0.5, 0.6) is 0 Å². The molecule has 110 valence electrons. The number of hydrogen-bond donors (Lipinski definition) is 3. The van der Waals surface area contributed by atoms with Gasteiger partial charge in [-0.2, -0.15) is 0 Å². The number of carbonyl (C=O) groups is 1. The van der Waals surface area contributed by atoms with Gasteiger partial charge in [0.15, 0.2) is 0 Å². The quantitative estimate of drug-likeness (QED) is 0.547. The molecule has 1 heterocycles. The number of hydrogen-bond acceptors (Lipinski definition) is 4. The number of nitrogens with one attached hydrogen (secondary N) is 2. The lowest BCUT2D eigenvalue weighted by atomic mass is 10.2. The van der Waals surface area contributed by atoms with Crippen LogP contribution < -0.4 is 16.6 Å². The molecule has 1 amide bonds. The Morgan fingerprint density at radius 3 is 2.67 bits per heavy atom. The Hall–Kier alpha value is -1.34. The second kappa shape index (κ2) is 6.62. The summed E-state index contributed by atoms with van der Waals surface area (Å²) in [6, 6.07) is 6.57. The van der Waals surface area contributed by atoms with Gasteiger partial charge in [0, 0.05) is 9.50 Å². The summed E-state index contributed by atoms with van der Waals surface area (Å²) in [5, 5.41) is 3.47. The average Bonchev–Trinajstić information content (AvgIpc) is 2.45. The molecule has 0 spiro atoms. The van der Waals surface area contributed by atoms with E-state index in [2.05, 4.69) is 31.7 Å². The van der Waals surface area contributed by atoms with Crippen molar-refractivity contribution < 1.29 is 4.79 Å². The first-order valence-corrected chi connectivity index (χ1v) is 7.37. The van der Waals surface area contributed by atoms with Gasteiger partial charge in [-0.25, -0.2) is 10.8 Å². The maximum atomic E-state index is 12.3. The zero-order valence-electron chi connectivity index (χ0n) is 10.9. The highest BCUT2D eigenvalue weighted by Gasteiger charge is 2.15. The van der Waals surface area contributed by atoms with E-state index in [1.54, 1.807) is 12.1 Å². The molecular formula is C13H11BrCl2N4O. The van der Waals surface area contributed by atoms with Crippen LogP contribution in [0.4, 0.5) is 11.5 Å². The Bertz CT molecular complexity index is 709. The van der Waals surface area contributed by atoms with Crippen molar-refractivity contribution >= 4 is 56.5 Å². The van der Waals surface area contributed by atoms with Gasteiger partial charge in [-0.3, -0.25) is 4.79 Å². The number of halogens is 3. The Balaban J connectivity index is 2.32. The molecule has 0 fully saturated rings. The molecule has 0 radical (unpaired) electrons. The molecule has 0 bridgehead atoms. The van der Waals surface area contributed by atoms with E-state index in [9.17, 15) is 4.79 Å². The average molecular weight is 390 g/mol. The molecule has 0 unspecified atom stereocenters. The fraction of sp³-hybridized carbons (Fsp3) is 0.0769. The summed E-state index contributed by atoms with van der Waals surface area (Å²) in [5.41, 5.74) is 3.85. The van der Waals surface area contributed by atoms with Crippen LogP contribution in [-0.2, 0) is 0 Å². The molecular weight excluding hydrogens is 379 g/mol. The third-order valence-corrected chi connectivity index (χ3v) is 4.07. The summed E-state index contributed by atoms with van der Waals surface area (Å²) in [6.45, 7) is 1.87. The number of nitrogens with two attached hydrogens (primary N) is 1. The molecule has 21 heavy (non-hydrogen) atoms. The Morgan fingerprint density at radius 2 is 2.00 bits per heavy atom. The minimum absolute atomic E-state index is 0.0655. The molecule has 0 atom stereocenters. The second-order valence-corrected chi connectivity index (χ2v) is 5.88. The van der Waals surface area contributed by atoms with Crippen molar-refractivity contribution in [3.8, 4) is 0 Å². The minimum Gasteiger partial charge on any atom is -0.320 e. The van der Waals surface area contributed by atoms with Crippen LogP contribution in [0.3, 0.4) is 0 Å². The number of anilines is 2. The summed E-state index contributed by atoms with van der Waals surface area (Å²) >= 11 is 15.4. The molecule has 1 aromatic heterocycles. The van der Waals surface area contributed by atoms with Crippen LogP contribution in [0, 0.1) is 6.92 Å². The first-order valence-electron chi connectivity index (χ1n) is 5.82. The highest BCUT2D eigenvalue weighted by atomic mass is 79.9. The number of pyridine rings is 1.